The first kappa shape index (κ1) is 21.3. The van der Waals surface area contributed by atoms with Gasteiger partial charge < -0.3 is 14.4 Å². The molecule has 31 heavy (non-hydrogen) atoms. The smallest absolute Gasteiger partial charge is 0.308 e. The van der Waals surface area contributed by atoms with Crippen LogP contribution in [0.4, 0.5) is 5.69 Å². The molecule has 9 nitrogen and oxygen atoms in total. The number of methoxy groups -OCH3 is 1. The van der Waals surface area contributed by atoms with E-state index >= 15 is 0 Å². The highest BCUT2D eigenvalue weighted by Crippen LogP contribution is 2.24. The predicted octanol–water partition coefficient (Wildman–Crippen LogP) is 1.73. The molecule has 4 rings (SSSR count). The number of amides is 1. The second-order valence-corrected chi connectivity index (χ2v) is 9.59. The molecule has 1 saturated heterocycles. The Balaban J connectivity index is 1.58. The zero-order valence-corrected chi connectivity index (χ0v) is 18.4. The van der Waals surface area contributed by atoms with Gasteiger partial charge in [-0.25, -0.2) is 8.42 Å². The summed E-state index contributed by atoms with van der Waals surface area (Å²) in [6, 6.07) is 10.9. The summed E-state index contributed by atoms with van der Waals surface area (Å²) in [5.41, 5.74) is 0.919. The summed E-state index contributed by atoms with van der Waals surface area (Å²) in [6.07, 6.45) is 0. The van der Waals surface area contributed by atoms with Crippen molar-refractivity contribution in [3.8, 4) is 5.75 Å². The monoisotopic (exact) mass is 463 g/mol. The summed E-state index contributed by atoms with van der Waals surface area (Å²) in [5.74, 6) is 0.449. The molecular weight excluding hydrogens is 442 g/mol. The number of ether oxygens (including phenoxy) is 2. The zero-order valence-electron chi connectivity index (χ0n) is 16.7. The lowest BCUT2D eigenvalue weighted by atomic mass is 10.3. The lowest BCUT2D eigenvalue weighted by Gasteiger charge is -2.26. The molecule has 1 N–H and O–H groups in total. The molecule has 11 heteroatoms. The van der Waals surface area contributed by atoms with Crippen LogP contribution in [-0.2, 0) is 26.1 Å². The number of benzene rings is 2. The minimum absolute atomic E-state index is 0.0312. The Bertz CT molecular complexity index is 1260. The Hall–Kier alpha value is -2.89. The third-order valence-corrected chi connectivity index (χ3v) is 7.27. The molecule has 0 radical (unpaired) electrons. The maximum Gasteiger partial charge on any atom is 0.308 e. The van der Waals surface area contributed by atoms with Crippen LogP contribution in [0.1, 0.15) is 0 Å². The largest absolute Gasteiger partial charge is 0.497 e. The highest BCUT2D eigenvalue weighted by Gasteiger charge is 2.21. The molecule has 1 aromatic heterocycles. The molecule has 1 fully saturated rings. The van der Waals surface area contributed by atoms with Crippen LogP contribution in [0.5, 0.6) is 5.75 Å². The lowest BCUT2D eigenvalue weighted by molar-refractivity contribution is -0.135. The normalized spacial score (nSPS) is 14.5. The van der Waals surface area contributed by atoms with Crippen molar-refractivity contribution in [3.05, 3.63) is 52.1 Å². The number of carbonyl (C=O) groups is 1. The topological polar surface area (TPSA) is 107 Å². The van der Waals surface area contributed by atoms with E-state index in [-0.39, 0.29) is 22.2 Å². The maximum atomic E-state index is 12.8. The molecule has 0 unspecified atom stereocenters. The predicted molar refractivity (Wildman–Crippen MR) is 117 cm³/mol. The number of fused-ring (bicyclic) bond motifs is 1. The second kappa shape index (κ2) is 8.69. The number of nitrogens with zero attached hydrogens (tertiary/aromatic N) is 2. The van der Waals surface area contributed by atoms with Crippen LogP contribution in [0.2, 0.25) is 0 Å². The quantitative estimate of drug-likeness (QED) is 0.597. The minimum Gasteiger partial charge on any atom is -0.497 e. The standard InChI is InChI=1S/C20H21N3O6S2/c1-28-15-4-2-14(3-5-15)21-31(26,27)16-6-7-17-18(12-16)30-20(25)23(17)13-19(24)22-8-10-29-11-9-22/h2-7,12,21H,8-11,13H2,1H3. The first-order chi connectivity index (χ1) is 14.9. The molecule has 1 aliphatic heterocycles. The molecule has 2 aromatic carbocycles. The molecule has 0 spiro atoms. The number of sulfonamides is 1. The fraction of sp³-hybridized carbons (Fsp3) is 0.300. The Kier molecular flexibility index (Phi) is 5.99. The van der Waals surface area contributed by atoms with Gasteiger partial charge in [-0.2, -0.15) is 0 Å². The Morgan fingerprint density at radius 1 is 1.16 bits per heavy atom. The average molecular weight is 464 g/mol. The van der Waals surface area contributed by atoms with E-state index in [0.29, 0.717) is 48.0 Å². The van der Waals surface area contributed by atoms with Crippen molar-refractivity contribution in [2.24, 2.45) is 0 Å². The van der Waals surface area contributed by atoms with Crippen LogP contribution in [-0.4, -0.2) is 57.2 Å². The number of rotatable bonds is 6. The van der Waals surface area contributed by atoms with Crippen molar-refractivity contribution >= 4 is 43.2 Å². The molecule has 0 saturated carbocycles. The average Bonchev–Trinajstić information content (AvgIpc) is 3.09. The number of hydrogen-bond acceptors (Lipinski definition) is 7. The molecular formula is C20H21N3O6S2. The first-order valence-electron chi connectivity index (χ1n) is 9.53. The van der Waals surface area contributed by atoms with Crippen molar-refractivity contribution in [1.82, 2.24) is 9.47 Å². The second-order valence-electron chi connectivity index (χ2n) is 6.91. The van der Waals surface area contributed by atoms with Crippen LogP contribution in [0, 0.1) is 0 Å². The van der Waals surface area contributed by atoms with Gasteiger partial charge in [0, 0.05) is 18.8 Å². The van der Waals surface area contributed by atoms with E-state index in [4.69, 9.17) is 9.47 Å². The lowest BCUT2D eigenvalue weighted by Crippen LogP contribution is -2.43. The molecule has 3 aromatic rings. The van der Waals surface area contributed by atoms with Gasteiger partial charge in [-0.3, -0.25) is 18.9 Å². The maximum absolute atomic E-state index is 12.8. The summed E-state index contributed by atoms with van der Waals surface area (Å²) in [6.45, 7) is 1.86. The number of hydrogen-bond donors (Lipinski definition) is 1. The van der Waals surface area contributed by atoms with E-state index in [1.807, 2.05) is 0 Å². The number of thiazole rings is 1. The van der Waals surface area contributed by atoms with E-state index in [0.717, 1.165) is 11.3 Å². The number of nitrogens with one attached hydrogen (secondary N) is 1. The number of anilines is 1. The number of carbonyl (C=O) groups excluding carboxylic acids is 1. The summed E-state index contributed by atoms with van der Waals surface area (Å²) >= 11 is 0.912. The summed E-state index contributed by atoms with van der Waals surface area (Å²) < 4.78 is 40.3. The summed E-state index contributed by atoms with van der Waals surface area (Å²) in [5, 5.41) is 0. The van der Waals surface area contributed by atoms with E-state index in [2.05, 4.69) is 4.72 Å². The van der Waals surface area contributed by atoms with Crippen molar-refractivity contribution < 1.29 is 22.7 Å². The van der Waals surface area contributed by atoms with Crippen molar-refractivity contribution in [3.63, 3.8) is 0 Å². The third-order valence-electron chi connectivity index (χ3n) is 4.95. The molecule has 1 amide bonds. The van der Waals surface area contributed by atoms with Crippen molar-refractivity contribution in [2.75, 3.05) is 38.1 Å². The Labute approximate surface area is 182 Å². The molecule has 0 aliphatic carbocycles. The van der Waals surface area contributed by atoms with Gasteiger partial charge in [-0.05, 0) is 42.5 Å². The van der Waals surface area contributed by atoms with Gasteiger partial charge in [-0.15, -0.1) is 0 Å². The van der Waals surface area contributed by atoms with Gasteiger partial charge in [0.15, 0.2) is 0 Å². The molecule has 1 aliphatic rings. The molecule has 0 bridgehead atoms. The summed E-state index contributed by atoms with van der Waals surface area (Å²) in [7, 11) is -2.32. The molecule has 164 valence electrons. The van der Waals surface area contributed by atoms with Crippen molar-refractivity contribution in [2.45, 2.75) is 11.4 Å². The number of aromatic nitrogens is 1. The van der Waals surface area contributed by atoms with Gasteiger partial charge in [0.1, 0.15) is 12.3 Å². The van der Waals surface area contributed by atoms with Gasteiger partial charge in [0.25, 0.3) is 10.0 Å². The fourth-order valence-electron chi connectivity index (χ4n) is 3.28. The van der Waals surface area contributed by atoms with E-state index in [1.54, 1.807) is 35.2 Å². The minimum atomic E-state index is -3.85. The van der Waals surface area contributed by atoms with E-state index in [9.17, 15) is 18.0 Å². The number of morpholine rings is 1. The van der Waals surface area contributed by atoms with Crippen LogP contribution in [0.25, 0.3) is 10.2 Å². The van der Waals surface area contributed by atoms with Gasteiger partial charge in [0.2, 0.25) is 5.91 Å². The van der Waals surface area contributed by atoms with Crippen LogP contribution < -0.4 is 14.3 Å². The van der Waals surface area contributed by atoms with Gasteiger partial charge >= 0.3 is 4.87 Å². The molecule has 0 atom stereocenters. The first-order valence-corrected chi connectivity index (χ1v) is 11.8. The van der Waals surface area contributed by atoms with E-state index < -0.39 is 10.0 Å². The van der Waals surface area contributed by atoms with Crippen molar-refractivity contribution in [1.29, 1.82) is 0 Å². The highest BCUT2D eigenvalue weighted by atomic mass is 32.2. The third kappa shape index (κ3) is 4.58. The van der Waals surface area contributed by atoms with Crippen LogP contribution in [0.15, 0.2) is 52.2 Å². The van der Waals surface area contributed by atoms with Gasteiger partial charge in [0.05, 0.1) is 35.4 Å². The summed E-state index contributed by atoms with van der Waals surface area (Å²) in [4.78, 5) is 26.4. The molecule has 2 heterocycles. The Morgan fingerprint density at radius 2 is 1.87 bits per heavy atom. The van der Waals surface area contributed by atoms with E-state index in [1.165, 1.54) is 23.8 Å². The highest BCUT2D eigenvalue weighted by molar-refractivity contribution is 7.92. The zero-order chi connectivity index (χ0) is 22.0. The van der Waals surface area contributed by atoms with Crippen LogP contribution >= 0.6 is 11.3 Å². The van der Waals surface area contributed by atoms with Gasteiger partial charge in [-0.1, -0.05) is 11.3 Å². The fourth-order valence-corrected chi connectivity index (χ4v) is 5.37. The Morgan fingerprint density at radius 3 is 2.55 bits per heavy atom. The SMILES string of the molecule is COc1ccc(NS(=O)(=O)c2ccc3c(c2)sc(=O)n3CC(=O)N2CCOCC2)cc1. The van der Waals surface area contributed by atoms with Crippen LogP contribution in [0.3, 0.4) is 0 Å².